The van der Waals surface area contributed by atoms with Gasteiger partial charge in [0, 0.05) is 17.3 Å². The summed E-state index contributed by atoms with van der Waals surface area (Å²) >= 11 is 0. The molecule has 0 saturated heterocycles. The van der Waals surface area contributed by atoms with Crippen molar-refractivity contribution in [1.82, 2.24) is 4.98 Å². The minimum absolute atomic E-state index is 0.271. The number of aromatic nitrogens is 1. The van der Waals surface area contributed by atoms with Gasteiger partial charge in [0.15, 0.2) is 5.76 Å². The van der Waals surface area contributed by atoms with Gasteiger partial charge in [0.2, 0.25) is 0 Å². The van der Waals surface area contributed by atoms with Gasteiger partial charge in [-0.3, -0.25) is 9.78 Å². The Morgan fingerprint density at radius 1 is 0.923 bits per heavy atom. The Morgan fingerprint density at radius 3 is 2.65 bits per heavy atom. The number of para-hydroxylation sites is 1. The molecule has 126 valence electrons. The van der Waals surface area contributed by atoms with Gasteiger partial charge in [-0.25, -0.2) is 0 Å². The Morgan fingerprint density at radius 2 is 1.81 bits per heavy atom. The second-order valence-electron chi connectivity index (χ2n) is 5.82. The molecule has 0 saturated carbocycles. The summed E-state index contributed by atoms with van der Waals surface area (Å²) in [6, 6.07) is 22.7. The second-order valence-corrected chi connectivity index (χ2v) is 5.82. The van der Waals surface area contributed by atoms with E-state index in [1.807, 2.05) is 78.9 Å². The standard InChI is InChI=1S/C22H16N2O2/c25-22(21-15-17-7-1-2-10-20(17)26-21)24-19-9-5-6-16(14-19)11-12-18-8-3-4-13-23-18/h1-15H,(H,24,25). The average molecular weight is 340 g/mol. The topological polar surface area (TPSA) is 55.1 Å². The van der Waals surface area contributed by atoms with Crippen molar-refractivity contribution in [3.8, 4) is 0 Å². The van der Waals surface area contributed by atoms with E-state index in [0.29, 0.717) is 17.0 Å². The normalized spacial score (nSPS) is 11.1. The van der Waals surface area contributed by atoms with Gasteiger partial charge in [-0.05, 0) is 48.0 Å². The van der Waals surface area contributed by atoms with E-state index < -0.39 is 0 Å². The molecule has 1 amide bonds. The molecule has 0 spiro atoms. The minimum atomic E-state index is -0.271. The van der Waals surface area contributed by atoms with Crippen LogP contribution in [0, 0.1) is 0 Å². The first-order valence-corrected chi connectivity index (χ1v) is 8.27. The Hall–Kier alpha value is -3.66. The van der Waals surface area contributed by atoms with Crippen LogP contribution in [0.2, 0.25) is 0 Å². The molecule has 1 N–H and O–H groups in total. The van der Waals surface area contributed by atoms with Crippen LogP contribution in [-0.4, -0.2) is 10.9 Å². The van der Waals surface area contributed by atoms with Gasteiger partial charge in [-0.15, -0.1) is 0 Å². The molecule has 0 bridgehead atoms. The summed E-state index contributed by atoms with van der Waals surface area (Å²) < 4.78 is 5.60. The lowest BCUT2D eigenvalue weighted by Gasteiger charge is -2.04. The van der Waals surface area contributed by atoms with Crippen molar-refractivity contribution in [2.75, 3.05) is 5.32 Å². The maximum atomic E-state index is 12.4. The molecule has 2 aromatic heterocycles. The summed E-state index contributed by atoms with van der Waals surface area (Å²) in [4.78, 5) is 16.7. The van der Waals surface area contributed by atoms with Crippen LogP contribution < -0.4 is 5.32 Å². The number of furan rings is 1. The monoisotopic (exact) mass is 340 g/mol. The number of nitrogens with one attached hydrogen (secondary N) is 1. The SMILES string of the molecule is O=C(Nc1cccc(C=Cc2ccccn2)c1)c1cc2ccccc2o1. The fourth-order valence-electron chi connectivity index (χ4n) is 2.66. The van der Waals surface area contributed by atoms with Crippen molar-refractivity contribution in [1.29, 1.82) is 0 Å². The van der Waals surface area contributed by atoms with Crippen molar-refractivity contribution >= 4 is 34.7 Å². The highest BCUT2D eigenvalue weighted by Gasteiger charge is 2.12. The number of fused-ring (bicyclic) bond motifs is 1. The Labute approximate surface area is 150 Å². The second kappa shape index (κ2) is 7.07. The zero-order valence-electron chi connectivity index (χ0n) is 13.9. The third kappa shape index (κ3) is 3.54. The van der Waals surface area contributed by atoms with Gasteiger partial charge in [0.05, 0.1) is 5.69 Å². The molecule has 0 fully saturated rings. The summed E-state index contributed by atoms with van der Waals surface area (Å²) in [6.07, 6.45) is 5.64. The van der Waals surface area contributed by atoms with E-state index in [4.69, 9.17) is 4.42 Å². The van der Waals surface area contributed by atoms with Crippen LogP contribution in [0.3, 0.4) is 0 Å². The number of anilines is 1. The molecular formula is C22H16N2O2. The van der Waals surface area contributed by atoms with Gasteiger partial charge in [0.1, 0.15) is 5.58 Å². The molecule has 4 rings (SSSR count). The van der Waals surface area contributed by atoms with Gasteiger partial charge >= 0.3 is 0 Å². The number of amides is 1. The molecule has 0 aliphatic carbocycles. The van der Waals surface area contributed by atoms with E-state index in [1.54, 1.807) is 12.3 Å². The van der Waals surface area contributed by atoms with Crippen molar-refractivity contribution < 1.29 is 9.21 Å². The molecule has 4 aromatic rings. The van der Waals surface area contributed by atoms with Gasteiger partial charge in [-0.2, -0.15) is 0 Å². The van der Waals surface area contributed by atoms with Crippen LogP contribution in [0.25, 0.3) is 23.1 Å². The predicted octanol–water partition coefficient (Wildman–Crippen LogP) is 5.25. The van der Waals surface area contributed by atoms with Gasteiger partial charge in [0.25, 0.3) is 5.91 Å². The highest BCUT2D eigenvalue weighted by molar-refractivity contribution is 6.04. The number of carbonyl (C=O) groups is 1. The number of nitrogens with zero attached hydrogens (tertiary/aromatic N) is 1. The first-order chi connectivity index (χ1) is 12.8. The maximum Gasteiger partial charge on any atom is 0.291 e. The summed E-state index contributed by atoms with van der Waals surface area (Å²) in [6.45, 7) is 0. The van der Waals surface area contributed by atoms with E-state index in [1.165, 1.54) is 0 Å². The maximum absolute atomic E-state index is 12.4. The average Bonchev–Trinajstić information content (AvgIpc) is 3.12. The quantitative estimate of drug-likeness (QED) is 0.552. The molecule has 26 heavy (non-hydrogen) atoms. The number of hydrogen-bond acceptors (Lipinski definition) is 3. The first-order valence-electron chi connectivity index (χ1n) is 8.27. The Bertz CT molecular complexity index is 1050. The molecule has 4 nitrogen and oxygen atoms in total. The van der Waals surface area contributed by atoms with Gasteiger partial charge < -0.3 is 9.73 Å². The van der Waals surface area contributed by atoms with Crippen molar-refractivity contribution in [3.05, 3.63) is 96.0 Å². The molecule has 2 aromatic carbocycles. The molecule has 0 atom stereocenters. The van der Waals surface area contributed by atoms with Crippen LogP contribution in [-0.2, 0) is 0 Å². The molecule has 0 unspecified atom stereocenters. The molecule has 2 heterocycles. The summed E-state index contributed by atoms with van der Waals surface area (Å²) in [7, 11) is 0. The smallest absolute Gasteiger partial charge is 0.291 e. The van der Waals surface area contributed by atoms with Gasteiger partial charge in [-0.1, -0.05) is 42.5 Å². The highest BCUT2D eigenvalue weighted by Crippen LogP contribution is 2.20. The molecular weight excluding hydrogens is 324 g/mol. The van der Waals surface area contributed by atoms with Crippen LogP contribution in [0.1, 0.15) is 21.8 Å². The fraction of sp³-hybridized carbons (Fsp3) is 0. The van der Waals surface area contributed by atoms with E-state index in [9.17, 15) is 4.79 Å². The minimum Gasteiger partial charge on any atom is -0.451 e. The lowest BCUT2D eigenvalue weighted by Crippen LogP contribution is -2.10. The van der Waals surface area contributed by atoms with Crippen LogP contribution in [0.5, 0.6) is 0 Å². The number of rotatable bonds is 4. The van der Waals surface area contributed by atoms with Crippen LogP contribution in [0.15, 0.2) is 83.4 Å². The molecule has 0 aliphatic rings. The number of carbonyl (C=O) groups excluding carboxylic acids is 1. The highest BCUT2D eigenvalue weighted by atomic mass is 16.3. The van der Waals surface area contributed by atoms with E-state index in [2.05, 4.69) is 10.3 Å². The van der Waals surface area contributed by atoms with E-state index in [-0.39, 0.29) is 5.91 Å². The third-order valence-corrected chi connectivity index (χ3v) is 3.93. The lowest BCUT2D eigenvalue weighted by atomic mass is 10.1. The van der Waals surface area contributed by atoms with Crippen molar-refractivity contribution in [3.63, 3.8) is 0 Å². The van der Waals surface area contributed by atoms with Crippen LogP contribution >= 0.6 is 0 Å². The van der Waals surface area contributed by atoms with Crippen LogP contribution in [0.4, 0.5) is 5.69 Å². The summed E-state index contributed by atoms with van der Waals surface area (Å²) in [5.74, 6) is 0.0210. The summed E-state index contributed by atoms with van der Waals surface area (Å²) in [5.41, 5.74) is 3.26. The molecule has 4 heteroatoms. The first kappa shape index (κ1) is 15.8. The molecule has 0 radical (unpaired) electrons. The third-order valence-electron chi connectivity index (χ3n) is 3.93. The summed E-state index contributed by atoms with van der Waals surface area (Å²) in [5, 5.41) is 3.78. The Balaban J connectivity index is 1.51. The van der Waals surface area contributed by atoms with E-state index >= 15 is 0 Å². The van der Waals surface area contributed by atoms with E-state index in [0.717, 1.165) is 16.6 Å². The largest absolute Gasteiger partial charge is 0.451 e. The zero-order valence-corrected chi connectivity index (χ0v) is 13.9. The van der Waals surface area contributed by atoms with Crippen molar-refractivity contribution in [2.24, 2.45) is 0 Å². The zero-order chi connectivity index (χ0) is 17.8. The molecule has 0 aliphatic heterocycles. The lowest BCUT2D eigenvalue weighted by molar-refractivity contribution is 0.0998. The fourth-order valence-corrected chi connectivity index (χ4v) is 2.66. The van der Waals surface area contributed by atoms with Crippen molar-refractivity contribution in [2.45, 2.75) is 0 Å². The number of benzene rings is 2. The predicted molar refractivity (Wildman–Crippen MR) is 104 cm³/mol. The number of pyridine rings is 1. The Kier molecular flexibility index (Phi) is 4.31. The number of hydrogen-bond donors (Lipinski definition) is 1.